The number of unbranched alkanes of at least 4 members (excludes halogenated alkanes) is 25. The van der Waals surface area contributed by atoms with Crippen molar-refractivity contribution in [2.24, 2.45) is 0 Å². The predicted octanol–water partition coefficient (Wildman–Crippen LogP) is 18.3. The molecule has 3 unspecified atom stereocenters. The molecule has 0 aliphatic carbocycles. The molecule has 0 aromatic heterocycles. The maximum absolute atomic E-state index is 12.9. The van der Waals surface area contributed by atoms with Crippen LogP contribution in [0, 0.1) is 0 Å². The van der Waals surface area contributed by atoms with Gasteiger partial charge in [-0.2, -0.15) is 0 Å². The lowest BCUT2D eigenvalue weighted by atomic mass is 10.1. The molecule has 12 heteroatoms. The van der Waals surface area contributed by atoms with Gasteiger partial charge in [-0.25, -0.2) is 4.57 Å². The van der Waals surface area contributed by atoms with E-state index in [1.807, 2.05) is 0 Å². The van der Waals surface area contributed by atoms with Crippen molar-refractivity contribution in [3.63, 3.8) is 0 Å². The Balaban J connectivity index is 4.76. The molecule has 0 bridgehead atoms. The first-order valence-electron chi connectivity index (χ1n) is 30.5. The first-order chi connectivity index (χ1) is 37.2. The highest BCUT2D eigenvalue weighted by Crippen LogP contribution is 2.43. The molecule has 0 heterocycles. The Hall–Kier alpha value is -3.34. The highest BCUT2D eigenvalue weighted by atomic mass is 31.2. The van der Waals surface area contributed by atoms with Gasteiger partial charge in [0, 0.05) is 19.3 Å². The lowest BCUT2D eigenvalue weighted by molar-refractivity contribution is -0.161. The summed E-state index contributed by atoms with van der Waals surface area (Å²) in [6, 6.07) is 0. The van der Waals surface area contributed by atoms with Crippen molar-refractivity contribution in [2.45, 2.75) is 277 Å². The molecule has 3 atom stereocenters. The fraction of sp³-hybridized carbons (Fsp3) is 0.734. The van der Waals surface area contributed by atoms with E-state index in [1.54, 1.807) is 0 Å². The Morgan fingerprint density at radius 2 is 0.684 bits per heavy atom. The Morgan fingerprint density at radius 1 is 0.382 bits per heavy atom. The quantitative estimate of drug-likeness (QED) is 0.0197. The van der Waals surface area contributed by atoms with Crippen LogP contribution in [-0.4, -0.2) is 66.5 Å². The smallest absolute Gasteiger partial charge is 0.462 e. The molecule has 0 saturated heterocycles. The molecule has 0 saturated carbocycles. The standard InChI is InChI=1S/C64H111O11P/c1-4-7-10-13-16-19-22-25-27-29-30-32-33-36-38-41-44-47-50-53-62(66)71-57-61(75-64(68)55-52-49-46-43-40-37-34-31-28-26-23-20-17-14-11-8-5-2)59-73-76(69,70)72-58-60(56-65)74-63(67)54-51-48-45-42-39-35-24-21-18-15-12-9-6-3/h8,11,16-17,19-21,24-28,34,37,60-61,65H,4-7,9-10,12-15,18,22-23,29-33,35-36,38-59H2,1-3H3,(H,69,70)/b11-8-,19-16-,20-17-,24-21-,27-25-,28-26-,37-34-. The second kappa shape index (κ2) is 57.8. The zero-order chi connectivity index (χ0) is 55.5. The minimum atomic E-state index is -4.76. The van der Waals surface area contributed by atoms with E-state index < -0.39 is 57.8 Å². The van der Waals surface area contributed by atoms with Gasteiger partial charge in [-0.1, -0.05) is 215 Å². The van der Waals surface area contributed by atoms with Crippen LogP contribution in [0.15, 0.2) is 85.1 Å². The summed E-state index contributed by atoms with van der Waals surface area (Å²) in [5, 5.41) is 9.82. The fourth-order valence-corrected chi connectivity index (χ4v) is 8.92. The first kappa shape index (κ1) is 72.7. The predicted molar refractivity (Wildman–Crippen MR) is 316 cm³/mol. The summed E-state index contributed by atoms with van der Waals surface area (Å²) in [6.07, 6.45) is 66.8. The van der Waals surface area contributed by atoms with Crippen LogP contribution in [0.4, 0.5) is 0 Å². The average molecular weight is 1090 g/mol. The van der Waals surface area contributed by atoms with Crippen molar-refractivity contribution in [1.29, 1.82) is 0 Å². The normalized spacial score (nSPS) is 13.9. The van der Waals surface area contributed by atoms with Gasteiger partial charge >= 0.3 is 25.7 Å². The molecule has 76 heavy (non-hydrogen) atoms. The average Bonchev–Trinajstić information content (AvgIpc) is 3.41. The third kappa shape index (κ3) is 55.4. The van der Waals surface area contributed by atoms with Crippen LogP contribution in [0.1, 0.15) is 265 Å². The Kier molecular flexibility index (Phi) is 55.3. The van der Waals surface area contributed by atoms with Gasteiger partial charge in [0.1, 0.15) is 12.7 Å². The molecule has 0 radical (unpaired) electrons. The molecule has 0 aromatic rings. The van der Waals surface area contributed by atoms with Crippen molar-refractivity contribution in [1.82, 2.24) is 0 Å². The first-order valence-corrected chi connectivity index (χ1v) is 32.0. The second-order valence-electron chi connectivity index (χ2n) is 20.1. The summed E-state index contributed by atoms with van der Waals surface area (Å²) in [4.78, 5) is 48.6. The molecular weight excluding hydrogens is 976 g/mol. The molecule has 438 valence electrons. The van der Waals surface area contributed by atoms with Gasteiger partial charge in [0.15, 0.2) is 6.10 Å². The topological polar surface area (TPSA) is 155 Å². The number of rotatable bonds is 56. The maximum atomic E-state index is 12.9. The summed E-state index contributed by atoms with van der Waals surface area (Å²) in [6.45, 7) is 4.47. The molecule has 2 N–H and O–H groups in total. The number of aliphatic hydroxyl groups is 1. The fourth-order valence-electron chi connectivity index (χ4n) is 8.14. The van der Waals surface area contributed by atoms with Crippen molar-refractivity contribution in [2.75, 3.05) is 26.4 Å². The van der Waals surface area contributed by atoms with Gasteiger partial charge < -0.3 is 24.2 Å². The second-order valence-corrected chi connectivity index (χ2v) is 21.6. The molecule has 0 amide bonds. The number of phosphoric ester groups is 1. The summed E-state index contributed by atoms with van der Waals surface area (Å²) in [5.41, 5.74) is 0. The minimum Gasteiger partial charge on any atom is -0.462 e. The lowest BCUT2D eigenvalue weighted by Crippen LogP contribution is -2.30. The van der Waals surface area contributed by atoms with Crippen molar-refractivity contribution in [3.05, 3.63) is 85.1 Å². The molecule has 0 rings (SSSR count). The van der Waals surface area contributed by atoms with E-state index in [9.17, 15) is 28.9 Å². The number of allylic oxidation sites excluding steroid dienone is 14. The Bertz CT molecular complexity index is 1600. The van der Waals surface area contributed by atoms with Crippen LogP contribution in [0.2, 0.25) is 0 Å². The van der Waals surface area contributed by atoms with Crippen molar-refractivity contribution in [3.8, 4) is 0 Å². The number of esters is 3. The monoisotopic (exact) mass is 1090 g/mol. The van der Waals surface area contributed by atoms with Gasteiger partial charge in [0.05, 0.1) is 19.8 Å². The third-order valence-electron chi connectivity index (χ3n) is 12.8. The van der Waals surface area contributed by atoms with Gasteiger partial charge in [0.2, 0.25) is 0 Å². The number of phosphoric acid groups is 1. The number of carbonyl (C=O) groups is 3. The largest absolute Gasteiger partial charge is 0.472 e. The third-order valence-corrected chi connectivity index (χ3v) is 13.7. The number of carbonyl (C=O) groups excluding carboxylic acids is 3. The van der Waals surface area contributed by atoms with Gasteiger partial charge in [0.25, 0.3) is 0 Å². The summed E-state index contributed by atoms with van der Waals surface area (Å²) < 4.78 is 39.6. The number of ether oxygens (including phenoxy) is 3. The highest BCUT2D eigenvalue weighted by Gasteiger charge is 2.28. The van der Waals surface area contributed by atoms with E-state index in [4.69, 9.17) is 23.3 Å². The van der Waals surface area contributed by atoms with Crippen molar-refractivity contribution < 1.29 is 52.2 Å². The Labute approximate surface area is 464 Å². The van der Waals surface area contributed by atoms with E-state index in [0.29, 0.717) is 19.3 Å². The zero-order valence-electron chi connectivity index (χ0n) is 48.5. The van der Waals surface area contributed by atoms with E-state index in [-0.39, 0.29) is 25.9 Å². The van der Waals surface area contributed by atoms with Gasteiger partial charge in [-0.15, -0.1) is 0 Å². The SMILES string of the molecule is CC/C=C\C/C=C\C/C=C\C/C=C\CCCCCCC(=O)OC(COC(=O)CCCCCCCCCCC/C=C\C/C=C\CCCCC)COP(=O)(O)OCC(CO)OC(=O)CCCCCCC/C=C\CCCCCC. The van der Waals surface area contributed by atoms with Gasteiger partial charge in [-0.3, -0.25) is 23.4 Å². The molecule has 0 aliphatic rings. The van der Waals surface area contributed by atoms with Crippen LogP contribution in [-0.2, 0) is 42.2 Å². The Morgan fingerprint density at radius 3 is 1.09 bits per heavy atom. The molecule has 11 nitrogen and oxygen atoms in total. The molecule has 0 spiro atoms. The maximum Gasteiger partial charge on any atom is 0.472 e. The van der Waals surface area contributed by atoms with E-state index in [1.165, 1.54) is 83.5 Å². The molecule has 0 fully saturated rings. The number of aliphatic hydroxyl groups excluding tert-OH is 1. The number of hydrogen-bond acceptors (Lipinski definition) is 10. The van der Waals surface area contributed by atoms with Crippen LogP contribution < -0.4 is 0 Å². The number of hydrogen-bond donors (Lipinski definition) is 2. The summed E-state index contributed by atoms with van der Waals surface area (Å²) in [7, 11) is -4.76. The summed E-state index contributed by atoms with van der Waals surface area (Å²) >= 11 is 0. The zero-order valence-corrected chi connectivity index (χ0v) is 49.3. The molecule has 0 aliphatic heterocycles. The van der Waals surface area contributed by atoms with Gasteiger partial charge in [-0.05, 0) is 116 Å². The molecule has 0 aromatic carbocycles. The van der Waals surface area contributed by atoms with Crippen molar-refractivity contribution >= 4 is 25.7 Å². The van der Waals surface area contributed by atoms with Crippen LogP contribution >= 0.6 is 7.82 Å². The molecular formula is C64H111O11P. The van der Waals surface area contributed by atoms with Crippen LogP contribution in [0.25, 0.3) is 0 Å². The highest BCUT2D eigenvalue weighted by molar-refractivity contribution is 7.47. The van der Waals surface area contributed by atoms with Crippen LogP contribution in [0.3, 0.4) is 0 Å². The summed E-state index contributed by atoms with van der Waals surface area (Å²) in [5.74, 6) is -1.50. The van der Waals surface area contributed by atoms with Crippen LogP contribution in [0.5, 0.6) is 0 Å². The lowest BCUT2D eigenvalue weighted by Gasteiger charge is -2.21. The van der Waals surface area contributed by atoms with E-state index in [0.717, 1.165) is 122 Å². The minimum absolute atomic E-state index is 0.136. The van der Waals surface area contributed by atoms with E-state index in [2.05, 4.69) is 106 Å². The van der Waals surface area contributed by atoms with E-state index >= 15 is 0 Å².